The molecule has 0 saturated carbocycles. The number of halogens is 1. The van der Waals surface area contributed by atoms with Gasteiger partial charge in [-0.3, -0.25) is 4.90 Å². The molecule has 2 unspecified atom stereocenters. The van der Waals surface area contributed by atoms with Crippen LogP contribution in [0, 0.1) is 5.82 Å². The Hall–Kier alpha value is -1.13. The number of fused-ring (bicyclic) bond motifs is 1. The Morgan fingerprint density at radius 2 is 2.28 bits per heavy atom. The van der Waals surface area contributed by atoms with Crippen LogP contribution in [0.25, 0.3) is 0 Å². The lowest BCUT2D eigenvalue weighted by atomic mass is 9.98. The lowest BCUT2D eigenvalue weighted by molar-refractivity contribution is 0.0129. The van der Waals surface area contributed by atoms with Gasteiger partial charge in [-0.25, -0.2) is 4.39 Å². The zero-order chi connectivity index (χ0) is 13.1. The van der Waals surface area contributed by atoms with Crippen LogP contribution in [-0.2, 0) is 0 Å². The monoisotopic (exact) mass is 253 g/mol. The van der Waals surface area contributed by atoms with Gasteiger partial charge in [-0.2, -0.15) is 0 Å². The molecular weight excluding hydrogens is 233 g/mol. The van der Waals surface area contributed by atoms with E-state index in [9.17, 15) is 9.50 Å². The molecular formula is C14H20FNO2. The molecule has 1 N–H and O–H groups in total. The van der Waals surface area contributed by atoms with E-state index in [1.165, 1.54) is 6.07 Å². The van der Waals surface area contributed by atoms with Gasteiger partial charge in [0.1, 0.15) is 12.7 Å². The fourth-order valence-electron chi connectivity index (χ4n) is 2.32. The lowest BCUT2D eigenvalue weighted by Gasteiger charge is -2.36. The summed E-state index contributed by atoms with van der Waals surface area (Å²) in [5.41, 5.74) is 0.551. The van der Waals surface area contributed by atoms with Gasteiger partial charge in [-0.1, -0.05) is 25.5 Å². The fraction of sp³-hybridized carbons (Fsp3) is 0.571. The third-order valence-corrected chi connectivity index (χ3v) is 3.51. The molecule has 4 heteroatoms. The van der Waals surface area contributed by atoms with Crippen LogP contribution in [0.15, 0.2) is 18.2 Å². The maximum Gasteiger partial charge on any atom is 0.165 e. The van der Waals surface area contributed by atoms with Crippen LogP contribution in [0.2, 0.25) is 0 Å². The summed E-state index contributed by atoms with van der Waals surface area (Å²) in [6.07, 6.45) is 1.50. The number of para-hydroxylation sites is 1. The zero-order valence-corrected chi connectivity index (χ0v) is 10.9. The Labute approximate surface area is 107 Å². The molecule has 1 aromatic rings. The van der Waals surface area contributed by atoms with Gasteiger partial charge in [-0.15, -0.1) is 0 Å². The summed E-state index contributed by atoms with van der Waals surface area (Å²) in [6, 6.07) is 4.58. The number of hydrogen-bond acceptors (Lipinski definition) is 3. The minimum Gasteiger partial charge on any atom is -0.488 e. The maximum atomic E-state index is 13.5. The molecule has 0 radical (unpaired) electrons. The van der Waals surface area contributed by atoms with E-state index in [1.54, 1.807) is 12.1 Å². The van der Waals surface area contributed by atoms with E-state index in [1.807, 2.05) is 7.05 Å². The SMILES string of the molecule is CCCCN(C)C1COc2c(F)cccc2C1O. The Bertz CT molecular complexity index is 411. The van der Waals surface area contributed by atoms with Crippen LogP contribution in [0.1, 0.15) is 31.4 Å². The average Bonchev–Trinajstić information content (AvgIpc) is 2.37. The van der Waals surface area contributed by atoms with Gasteiger partial charge in [0.25, 0.3) is 0 Å². The van der Waals surface area contributed by atoms with Crippen molar-refractivity contribution < 1.29 is 14.2 Å². The first kappa shape index (κ1) is 13.3. The number of unbranched alkanes of at least 4 members (excludes halogenated alkanes) is 1. The summed E-state index contributed by atoms with van der Waals surface area (Å²) in [5.74, 6) is -0.202. The molecule has 0 aromatic heterocycles. The van der Waals surface area contributed by atoms with Crippen molar-refractivity contribution in [3.63, 3.8) is 0 Å². The van der Waals surface area contributed by atoms with E-state index in [0.29, 0.717) is 12.2 Å². The number of rotatable bonds is 4. The molecule has 3 nitrogen and oxygen atoms in total. The molecule has 0 spiro atoms. The van der Waals surface area contributed by atoms with E-state index in [2.05, 4.69) is 11.8 Å². The number of benzene rings is 1. The average molecular weight is 253 g/mol. The van der Waals surface area contributed by atoms with Crippen molar-refractivity contribution in [2.45, 2.75) is 31.9 Å². The summed E-state index contributed by atoms with van der Waals surface area (Å²) in [4.78, 5) is 2.09. The molecule has 1 aliphatic rings. The van der Waals surface area contributed by atoms with Gasteiger partial charge < -0.3 is 9.84 Å². The number of aliphatic hydroxyl groups is 1. The highest BCUT2D eigenvalue weighted by molar-refractivity contribution is 5.39. The van der Waals surface area contributed by atoms with Crippen LogP contribution in [0.5, 0.6) is 5.75 Å². The van der Waals surface area contributed by atoms with Gasteiger partial charge in [0, 0.05) is 5.56 Å². The van der Waals surface area contributed by atoms with Crippen molar-refractivity contribution in [2.24, 2.45) is 0 Å². The molecule has 2 atom stereocenters. The number of likely N-dealkylation sites (N-methyl/N-ethyl adjacent to an activating group) is 1. The second kappa shape index (κ2) is 5.67. The third kappa shape index (κ3) is 2.49. The molecule has 1 aliphatic heterocycles. The summed E-state index contributed by atoms with van der Waals surface area (Å²) >= 11 is 0. The van der Waals surface area contributed by atoms with E-state index in [4.69, 9.17) is 4.74 Å². The zero-order valence-electron chi connectivity index (χ0n) is 10.9. The maximum absolute atomic E-state index is 13.5. The normalized spacial score (nSPS) is 22.7. The molecule has 0 aliphatic carbocycles. The smallest absolute Gasteiger partial charge is 0.165 e. The van der Waals surface area contributed by atoms with Gasteiger partial charge in [0.15, 0.2) is 11.6 Å². The molecule has 0 saturated heterocycles. The Kier molecular flexibility index (Phi) is 4.19. The molecule has 100 valence electrons. The van der Waals surface area contributed by atoms with E-state index < -0.39 is 11.9 Å². The molecule has 1 aromatic carbocycles. The summed E-state index contributed by atoms with van der Waals surface area (Å²) in [5, 5.41) is 10.3. The van der Waals surface area contributed by atoms with Crippen molar-refractivity contribution in [3.8, 4) is 5.75 Å². The summed E-state index contributed by atoms with van der Waals surface area (Å²) in [6.45, 7) is 3.37. The van der Waals surface area contributed by atoms with Crippen molar-refractivity contribution >= 4 is 0 Å². The third-order valence-electron chi connectivity index (χ3n) is 3.51. The lowest BCUT2D eigenvalue weighted by Crippen LogP contribution is -2.44. The van der Waals surface area contributed by atoms with Gasteiger partial charge in [0.05, 0.1) is 6.04 Å². The number of aliphatic hydroxyl groups excluding tert-OH is 1. The predicted octanol–water partition coefficient (Wildman–Crippen LogP) is 2.35. The van der Waals surface area contributed by atoms with Crippen molar-refractivity contribution in [1.82, 2.24) is 4.90 Å². The van der Waals surface area contributed by atoms with Crippen LogP contribution < -0.4 is 4.74 Å². The Morgan fingerprint density at radius 1 is 1.50 bits per heavy atom. The first-order chi connectivity index (χ1) is 8.65. The first-order valence-electron chi connectivity index (χ1n) is 6.44. The van der Waals surface area contributed by atoms with Crippen molar-refractivity contribution in [3.05, 3.63) is 29.6 Å². The van der Waals surface area contributed by atoms with Crippen LogP contribution in [-0.4, -0.2) is 36.2 Å². The largest absolute Gasteiger partial charge is 0.488 e. The Balaban J connectivity index is 2.15. The van der Waals surface area contributed by atoms with Crippen molar-refractivity contribution in [2.75, 3.05) is 20.2 Å². The highest BCUT2D eigenvalue weighted by atomic mass is 19.1. The van der Waals surface area contributed by atoms with Gasteiger partial charge >= 0.3 is 0 Å². The second-order valence-corrected chi connectivity index (χ2v) is 4.82. The standard InChI is InChI=1S/C14H20FNO2/c1-3-4-8-16(2)12-9-18-14-10(13(12)17)6-5-7-11(14)15/h5-7,12-13,17H,3-4,8-9H2,1-2H3. The van der Waals surface area contributed by atoms with E-state index >= 15 is 0 Å². The molecule has 1 heterocycles. The molecule has 18 heavy (non-hydrogen) atoms. The predicted molar refractivity (Wildman–Crippen MR) is 68.2 cm³/mol. The van der Waals surface area contributed by atoms with Gasteiger partial charge in [-0.05, 0) is 26.1 Å². The number of nitrogens with zero attached hydrogens (tertiary/aromatic N) is 1. The Morgan fingerprint density at radius 3 is 3.00 bits per heavy atom. The van der Waals surface area contributed by atoms with Crippen LogP contribution in [0.3, 0.4) is 0 Å². The molecule has 2 rings (SSSR count). The van der Waals surface area contributed by atoms with Crippen molar-refractivity contribution in [1.29, 1.82) is 0 Å². The minimum absolute atomic E-state index is 0.106. The molecule has 0 bridgehead atoms. The van der Waals surface area contributed by atoms with Gasteiger partial charge in [0.2, 0.25) is 0 Å². The second-order valence-electron chi connectivity index (χ2n) is 4.82. The number of hydrogen-bond donors (Lipinski definition) is 1. The highest BCUT2D eigenvalue weighted by Gasteiger charge is 2.33. The highest BCUT2D eigenvalue weighted by Crippen LogP contribution is 2.35. The van der Waals surface area contributed by atoms with E-state index in [0.717, 1.165) is 19.4 Å². The van der Waals surface area contributed by atoms with Crippen LogP contribution in [0.4, 0.5) is 4.39 Å². The summed E-state index contributed by atoms with van der Waals surface area (Å²) < 4.78 is 19.0. The topological polar surface area (TPSA) is 32.7 Å². The molecule has 0 fully saturated rings. The molecule has 0 amide bonds. The quantitative estimate of drug-likeness (QED) is 0.894. The van der Waals surface area contributed by atoms with Crippen LogP contribution >= 0.6 is 0 Å². The first-order valence-corrected chi connectivity index (χ1v) is 6.44. The number of ether oxygens (including phenoxy) is 1. The minimum atomic E-state index is -0.689. The van der Waals surface area contributed by atoms with E-state index in [-0.39, 0.29) is 11.8 Å². The summed E-state index contributed by atoms with van der Waals surface area (Å²) in [7, 11) is 1.97. The fourth-order valence-corrected chi connectivity index (χ4v) is 2.32.